The van der Waals surface area contributed by atoms with E-state index in [4.69, 9.17) is 23.2 Å². The predicted molar refractivity (Wildman–Crippen MR) is 104 cm³/mol. The van der Waals surface area contributed by atoms with Crippen LogP contribution >= 0.6 is 23.2 Å². The molecule has 0 radical (unpaired) electrons. The van der Waals surface area contributed by atoms with E-state index in [2.05, 4.69) is 22.8 Å². The Morgan fingerprint density at radius 1 is 0.667 bits per heavy atom. The average molecular weight is 357 g/mol. The van der Waals surface area contributed by atoms with Crippen LogP contribution in [0.1, 0.15) is 11.1 Å². The summed E-state index contributed by atoms with van der Waals surface area (Å²) in [6, 6.07) is 23.9. The first kappa shape index (κ1) is 16.7. The maximum absolute atomic E-state index is 6.19. The largest absolute Gasteiger partial charge is 0.381 e. The number of nitrogens with one attached hydrogen (secondary N) is 2. The molecule has 122 valence electrons. The standard InChI is InChI=1S/C20H18Cl2N2/c21-17-7-3-5-15(11-17)13-23-18-8-4-9-19(12-18)24-14-16-6-1-2-10-20(16)22/h1-12,23-24H,13-14H2. The van der Waals surface area contributed by atoms with Gasteiger partial charge in [-0.3, -0.25) is 0 Å². The fourth-order valence-corrected chi connectivity index (χ4v) is 2.84. The van der Waals surface area contributed by atoms with E-state index in [0.29, 0.717) is 6.54 Å². The molecular formula is C20H18Cl2N2. The first-order valence-corrected chi connectivity index (χ1v) is 8.52. The first-order valence-electron chi connectivity index (χ1n) is 7.76. The summed E-state index contributed by atoms with van der Waals surface area (Å²) in [6.45, 7) is 1.42. The average Bonchev–Trinajstić information content (AvgIpc) is 2.60. The molecule has 0 aromatic heterocycles. The van der Waals surface area contributed by atoms with Crippen molar-refractivity contribution < 1.29 is 0 Å². The van der Waals surface area contributed by atoms with E-state index in [1.807, 2.05) is 60.7 Å². The molecule has 24 heavy (non-hydrogen) atoms. The second-order valence-electron chi connectivity index (χ2n) is 5.51. The third-order valence-corrected chi connectivity index (χ3v) is 4.29. The van der Waals surface area contributed by atoms with E-state index in [1.54, 1.807) is 0 Å². The summed E-state index contributed by atoms with van der Waals surface area (Å²) in [5.74, 6) is 0. The lowest BCUT2D eigenvalue weighted by molar-refractivity contribution is 1.13. The molecule has 3 rings (SSSR count). The molecule has 0 aliphatic rings. The summed E-state index contributed by atoms with van der Waals surface area (Å²) >= 11 is 12.2. The van der Waals surface area contributed by atoms with Gasteiger partial charge < -0.3 is 10.6 Å². The molecule has 0 bridgehead atoms. The smallest absolute Gasteiger partial charge is 0.0455 e. The molecule has 2 nitrogen and oxygen atoms in total. The van der Waals surface area contributed by atoms with Gasteiger partial charge in [0.15, 0.2) is 0 Å². The van der Waals surface area contributed by atoms with Crippen molar-refractivity contribution in [3.8, 4) is 0 Å². The predicted octanol–water partition coefficient (Wildman–Crippen LogP) is 6.22. The van der Waals surface area contributed by atoms with Crippen LogP contribution in [0.2, 0.25) is 10.0 Å². The molecule has 3 aromatic carbocycles. The lowest BCUT2D eigenvalue weighted by Crippen LogP contribution is -2.02. The van der Waals surface area contributed by atoms with E-state index in [1.165, 1.54) is 0 Å². The molecule has 0 aliphatic carbocycles. The summed E-state index contributed by atoms with van der Waals surface area (Å²) in [5, 5.41) is 8.35. The minimum atomic E-state index is 0.692. The van der Waals surface area contributed by atoms with Crippen molar-refractivity contribution in [2.75, 3.05) is 10.6 Å². The molecule has 3 aromatic rings. The summed E-state index contributed by atoms with van der Waals surface area (Å²) < 4.78 is 0. The van der Waals surface area contributed by atoms with Gasteiger partial charge in [0.1, 0.15) is 0 Å². The molecule has 2 N–H and O–H groups in total. The normalized spacial score (nSPS) is 10.4. The van der Waals surface area contributed by atoms with E-state index >= 15 is 0 Å². The monoisotopic (exact) mass is 356 g/mol. The van der Waals surface area contributed by atoms with Gasteiger partial charge in [-0.05, 0) is 47.5 Å². The van der Waals surface area contributed by atoms with Crippen molar-refractivity contribution in [3.63, 3.8) is 0 Å². The van der Waals surface area contributed by atoms with Crippen LogP contribution in [0.5, 0.6) is 0 Å². The molecule has 0 saturated carbocycles. The van der Waals surface area contributed by atoms with Gasteiger partial charge in [-0.2, -0.15) is 0 Å². The molecule has 0 fully saturated rings. The Morgan fingerprint density at radius 2 is 1.38 bits per heavy atom. The van der Waals surface area contributed by atoms with Crippen molar-refractivity contribution in [2.45, 2.75) is 13.1 Å². The fourth-order valence-electron chi connectivity index (χ4n) is 2.43. The Morgan fingerprint density at radius 3 is 2.12 bits per heavy atom. The zero-order chi connectivity index (χ0) is 16.8. The van der Waals surface area contributed by atoms with Gasteiger partial charge in [0, 0.05) is 34.5 Å². The van der Waals surface area contributed by atoms with Crippen LogP contribution in [0, 0.1) is 0 Å². The molecule has 0 amide bonds. The van der Waals surface area contributed by atoms with Gasteiger partial charge in [-0.25, -0.2) is 0 Å². The Balaban J connectivity index is 1.60. The second kappa shape index (κ2) is 8.09. The van der Waals surface area contributed by atoms with Crippen molar-refractivity contribution in [3.05, 3.63) is 94.0 Å². The van der Waals surface area contributed by atoms with E-state index in [9.17, 15) is 0 Å². The molecule has 0 spiro atoms. The lowest BCUT2D eigenvalue weighted by atomic mass is 10.2. The number of benzene rings is 3. The van der Waals surface area contributed by atoms with Crippen LogP contribution in [0.15, 0.2) is 72.8 Å². The van der Waals surface area contributed by atoms with Crippen molar-refractivity contribution >= 4 is 34.6 Å². The van der Waals surface area contributed by atoms with Crippen LogP contribution in [0.4, 0.5) is 11.4 Å². The molecule has 0 heterocycles. The Kier molecular flexibility index (Phi) is 5.63. The van der Waals surface area contributed by atoms with E-state index in [-0.39, 0.29) is 0 Å². The third kappa shape index (κ3) is 4.67. The van der Waals surface area contributed by atoms with Crippen LogP contribution < -0.4 is 10.6 Å². The van der Waals surface area contributed by atoms with Crippen LogP contribution in [0.3, 0.4) is 0 Å². The summed E-state index contributed by atoms with van der Waals surface area (Å²) in [6.07, 6.45) is 0. The summed E-state index contributed by atoms with van der Waals surface area (Å²) in [4.78, 5) is 0. The quantitative estimate of drug-likeness (QED) is 0.547. The minimum Gasteiger partial charge on any atom is -0.381 e. The van der Waals surface area contributed by atoms with Gasteiger partial charge in [0.25, 0.3) is 0 Å². The molecule has 4 heteroatoms. The summed E-state index contributed by atoms with van der Waals surface area (Å²) in [7, 11) is 0. The van der Waals surface area contributed by atoms with Gasteiger partial charge in [0.2, 0.25) is 0 Å². The van der Waals surface area contributed by atoms with Crippen LogP contribution in [-0.4, -0.2) is 0 Å². The number of hydrogen-bond acceptors (Lipinski definition) is 2. The number of hydrogen-bond donors (Lipinski definition) is 2. The van der Waals surface area contributed by atoms with Crippen LogP contribution in [0.25, 0.3) is 0 Å². The van der Waals surface area contributed by atoms with E-state index < -0.39 is 0 Å². The minimum absolute atomic E-state index is 0.692. The Hall–Kier alpha value is -2.16. The SMILES string of the molecule is Clc1cccc(CNc2cccc(NCc3ccccc3Cl)c2)c1. The molecule has 0 saturated heterocycles. The van der Waals surface area contributed by atoms with Crippen LogP contribution in [-0.2, 0) is 13.1 Å². The number of halogens is 2. The highest BCUT2D eigenvalue weighted by Gasteiger charge is 2.00. The highest BCUT2D eigenvalue weighted by atomic mass is 35.5. The fraction of sp³-hybridized carbons (Fsp3) is 0.100. The Labute approximate surface area is 152 Å². The van der Waals surface area contributed by atoms with Crippen molar-refractivity contribution in [1.82, 2.24) is 0 Å². The van der Waals surface area contributed by atoms with Crippen molar-refractivity contribution in [2.24, 2.45) is 0 Å². The van der Waals surface area contributed by atoms with Gasteiger partial charge in [0.05, 0.1) is 0 Å². The van der Waals surface area contributed by atoms with Crippen molar-refractivity contribution in [1.29, 1.82) is 0 Å². The molecule has 0 unspecified atom stereocenters. The third-order valence-electron chi connectivity index (χ3n) is 3.69. The van der Waals surface area contributed by atoms with Gasteiger partial charge >= 0.3 is 0 Å². The Bertz CT molecular complexity index is 818. The zero-order valence-corrected chi connectivity index (χ0v) is 14.6. The second-order valence-corrected chi connectivity index (χ2v) is 6.35. The van der Waals surface area contributed by atoms with E-state index in [0.717, 1.165) is 39.1 Å². The molecular weight excluding hydrogens is 339 g/mol. The summed E-state index contributed by atoms with van der Waals surface area (Å²) in [5.41, 5.74) is 4.33. The lowest BCUT2D eigenvalue weighted by Gasteiger charge is -2.11. The first-order chi connectivity index (χ1) is 11.7. The maximum atomic E-state index is 6.19. The molecule has 0 atom stereocenters. The highest BCUT2D eigenvalue weighted by molar-refractivity contribution is 6.31. The van der Waals surface area contributed by atoms with Gasteiger partial charge in [-0.15, -0.1) is 0 Å². The van der Waals surface area contributed by atoms with Gasteiger partial charge in [-0.1, -0.05) is 59.6 Å². The number of rotatable bonds is 6. The number of anilines is 2. The molecule has 0 aliphatic heterocycles. The highest BCUT2D eigenvalue weighted by Crippen LogP contribution is 2.20. The zero-order valence-electron chi connectivity index (χ0n) is 13.1. The maximum Gasteiger partial charge on any atom is 0.0455 e. The topological polar surface area (TPSA) is 24.1 Å².